The smallest absolute Gasteiger partial charge is 0.230 e. The Morgan fingerprint density at radius 2 is 2.28 bits per heavy atom. The molecule has 2 aliphatic heterocycles. The van der Waals surface area contributed by atoms with E-state index < -0.39 is 6.04 Å². The number of fused-ring (bicyclic) bond motifs is 3. The van der Waals surface area contributed by atoms with Crippen LogP contribution in [0.2, 0.25) is 0 Å². The predicted octanol–water partition coefficient (Wildman–Crippen LogP) is 2.14. The molecule has 0 radical (unpaired) electrons. The maximum atomic E-state index is 11.3. The lowest BCUT2D eigenvalue weighted by Gasteiger charge is -2.31. The number of anilines is 2. The Morgan fingerprint density at radius 3 is 3.04 bits per heavy atom. The zero-order chi connectivity index (χ0) is 17.6. The molecule has 4 heterocycles. The maximum Gasteiger partial charge on any atom is 0.230 e. The summed E-state index contributed by atoms with van der Waals surface area (Å²) in [6.45, 7) is 6.65. The van der Waals surface area contributed by atoms with Crippen molar-refractivity contribution in [2.24, 2.45) is 0 Å². The molecule has 0 bridgehead atoms. The van der Waals surface area contributed by atoms with E-state index in [1.54, 1.807) is 6.20 Å². The average Bonchev–Trinajstić information content (AvgIpc) is 3.26. The molecule has 1 fully saturated rings. The van der Waals surface area contributed by atoms with Gasteiger partial charge in [0, 0.05) is 42.1 Å². The van der Waals surface area contributed by atoms with Crippen molar-refractivity contribution in [2.75, 3.05) is 29.4 Å². The Labute approximate surface area is 146 Å². The highest BCUT2D eigenvalue weighted by atomic mass is 16.6. The summed E-state index contributed by atoms with van der Waals surface area (Å²) in [5.74, 6) is 2.03. The normalized spacial score (nSPS) is 21.6. The molecule has 8 nitrogen and oxygen atoms in total. The first-order chi connectivity index (χ1) is 12.1. The minimum atomic E-state index is -0.501. The largest absolute Gasteiger partial charge is 0.353 e. The van der Waals surface area contributed by atoms with Crippen molar-refractivity contribution in [2.45, 2.75) is 51.6 Å². The van der Waals surface area contributed by atoms with Gasteiger partial charge in [-0.1, -0.05) is 6.92 Å². The van der Waals surface area contributed by atoms with E-state index in [0.717, 1.165) is 49.6 Å². The number of nitrogens with zero attached hydrogens (tertiary/aromatic N) is 6. The van der Waals surface area contributed by atoms with Crippen LogP contribution in [0.1, 0.15) is 38.7 Å². The lowest BCUT2D eigenvalue weighted by molar-refractivity contribution is -0.521. The van der Waals surface area contributed by atoms with Gasteiger partial charge in [0.25, 0.3) is 0 Å². The summed E-state index contributed by atoms with van der Waals surface area (Å²) in [6, 6.07) is 1.84. The minimum Gasteiger partial charge on any atom is -0.353 e. The summed E-state index contributed by atoms with van der Waals surface area (Å²) in [4.78, 5) is 20.4. The van der Waals surface area contributed by atoms with Crippen LogP contribution in [-0.4, -0.2) is 51.2 Å². The van der Waals surface area contributed by atoms with Crippen LogP contribution < -0.4 is 9.80 Å². The van der Waals surface area contributed by atoms with Gasteiger partial charge in [0.15, 0.2) is 5.65 Å². The molecule has 1 saturated heterocycles. The van der Waals surface area contributed by atoms with Crippen molar-refractivity contribution in [3.63, 3.8) is 0 Å². The monoisotopic (exact) mass is 344 g/mol. The van der Waals surface area contributed by atoms with Crippen molar-refractivity contribution < 1.29 is 4.92 Å². The molecule has 2 unspecified atom stereocenters. The molecule has 8 heteroatoms. The molecule has 0 saturated carbocycles. The van der Waals surface area contributed by atoms with Crippen LogP contribution >= 0.6 is 0 Å². The third kappa shape index (κ3) is 2.60. The number of rotatable bonds is 4. The van der Waals surface area contributed by atoms with Crippen molar-refractivity contribution in [1.82, 2.24) is 14.6 Å². The van der Waals surface area contributed by atoms with E-state index >= 15 is 0 Å². The SMILES string of the molecule is CCC(C)N1CCc2c(N3CCCC([N+](=O)[O-])C3)nc3ccnn3c21. The van der Waals surface area contributed by atoms with Crippen LogP contribution in [0.4, 0.5) is 11.6 Å². The second-order valence-electron chi connectivity index (χ2n) is 7.07. The molecule has 0 amide bonds. The molecule has 4 rings (SSSR count). The molecule has 0 N–H and O–H groups in total. The fourth-order valence-corrected chi connectivity index (χ4v) is 4.04. The molecular weight excluding hydrogens is 320 g/mol. The van der Waals surface area contributed by atoms with Gasteiger partial charge in [-0.3, -0.25) is 10.1 Å². The quantitative estimate of drug-likeness (QED) is 0.624. The number of hydrogen-bond donors (Lipinski definition) is 0. The van der Waals surface area contributed by atoms with E-state index in [1.807, 2.05) is 10.6 Å². The van der Waals surface area contributed by atoms with Crippen molar-refractivity contribution >= 4 is 17.3 Å². The third-order valence-corrected chi connectivity index (χ3v) is 5.58. The van der Waals surface area contributed by atoms with Gasteiger partial charge in [0.05, 0.1) is 12.7 Å². The minimum absolute atomic E-state index is 0.144. The van der Waals surface area contributed by atoms with Crippen LogP contribution in [0.15, 0.2) is 12.3 Å². The summed E-state index contributed by atoms with van der Waals surface area (Å²) < 4.78 is 1.92. The molecule has 0 aromatic carbocycles. The molecule has 134 valence electrons. The zero-order valence-electron chi connectivity index (χ0n) is 14.8. The molecule has 2 atom stereocenters. The van der Waals surface area contributed by atoms with E-state index in [-0.39, 0.29) is 4.92 Å². The van der Waals surface area contributed by atoms with Crippen LogP contribution in [0.25, 0.3) is 5.65 Å². The van der Waals surface area contributed by atoms with E-state index in [4.69, 9.17) is 4.98 Å². The van der Waals surface area contributed by atoms with Gasteiger partial charge in [-0.05, 0) is 26.2 Å². The first-order valence-corrected chi connectivity index (χ1v) is 9.11. The van der Waals surface area contributed by atoms with E-state index in [0.29, 0.717) is 19.0 Å². The van der Waals surface area contributed by atoms with Crippen LogP contribution in [0.5, 0.6) is 0 Å². The van der Waals surface area contributed by atoms with E-state index in [9.17, 15) is 10.1 Å². The standard InChI is InChI=1S/C17H24N6O2/c1-3-12(2)21-10-7-14-16(19-15-6-8-18-22(15)17(14)21)20-9-4-5-13(11-20)23(24)25/h6,8,12-13H,3-5,7,9-11H2,1-2H3. The van der Waals surface area contributed by atoms with Crippen molar-refractivity contribution in [3.05, 3.63) is 27.9 Å². The molecule has 0 aliphatic carbocycles. The molecule has 0 spiro atoms. The lowest BCUT2D eigenvalue weighted by Crippen LogP contribution is -2.43. The van der Waals surface area contributed by atoms with Crippen LogP contribution in [-0.2, 0) is 6.42 Å². The highest BCUT2D eigenvalue weighted by molar-refractivity contribution is 5.69. The third-order valence-electron chi connectivity index (χ3n) is 5.58. The van der Waals surface area contributed by atoms with Gasteiger partial charge in [-0.15, -0.1) is 0 Å². The van der Waals surface area contributed by atoms with Gasteiger partial charge >= 0.3 is 0 Å². The maximum absolute atomic E-state index is 11.3. The van der Waals surface area contributed by atoms with E-state index in [2.05, 4.69) is 28.7 Å². The Bertz CT molecular complexity index is 804. The highest BCUT2D eigenvalue weighted by Gasteiger charge is 2.34. The summed E-state index contributed by atoms with van der Waals surface area (Å²) >= 11 is 0. The number of hydrogen-bond acceptors (Lipinski definition) is 6. The van der Waals surface area contributed by atoms with Crippen LogP contribution in [0, 0.1) is 10.1 Å². The molecule has 2 aromatic heterocycles. The van der Waals surface area contributed by atoms with Gasteiger partial charge in [-0.25, -0.2) is 4.98 Å². The fraction of sp³-hybridized carbons (Fsp3) is 0.647. The summed E-state index contributed by atoms with van der Waals surface area (Å²) in [7, 11) is 0. The number of nitro groups is 1. The topological polar surface area (TPSA) is 79.8 Å². The average molecular weight is 344 g/mol. The lowest BCUT2D eigenvalue weighted by atomic mass is 10.1. The van der Waals surface area contributed by atoms with Gasteiger partial charge in [-0.2, -0.15) is 9.61 Å². The second-order valence-corrected chi connectivity index (χ2v) is 7.07. The van der Waals surface area contributed by atoms with E-state index in [1.165, 1.54) is 5.56 Å². The Kier molecular flexibility index (Phi) is 3.97. The summed E-state index contributed by atoms with van der Waals surface area (Å²) in [5, 5.41) is 15.7. The predicted molar refractivity (Wildman–Crippen MR) is 96.0 cm³/mol. The highest BCUT2D eigenvalue weighted by Crippen LogP contribution is 2.37. The fourth-order valence-electron chi connectivity index (χ4n) is 4.04. The summed E-state index contributed by atoms with van der Waals surface area (Å²) in [6.07, 6.45) is 5.24. The van der Waals surface area contributed by atoms with Crippen molar-refractivity contribution in [3.8, 4) is 0 Å². The Balaban J connectivity index is 1.79. The molecule has 2 aliphatic rings. The number of aromatic nitrogens is 3. The molecular formula is C17H24N6O2. The first-order valence-electron chi connectivity index (χ1n) is 9.11. The second kappa shape index (κ2) is 6.16. The summed E-state index contributed by atoms with van der Waals surface area (Å²) in [5.41, 5.74) is 1.99. The Morgan fingerprint density at radius 1 is 1.44 bits per heavy atom. The van der Waals surface area contributed by atoms with Gasteiger partial charge in [0.1, 0.15) is 11.6 Å². The van der Waals surface area contributed by atoms with Crippen LogP contribution in [0.3, 0.4) is 0 Å². The molecule has 2 aromatic rings. The number of piperidine rings is 1. The first kappa shape index (κ1) is 16.1. The molecule has 25 heavy (non-hydrogen) atoms. The van der Waals surface area contributed by atoms with Gasteiger partial charge < -0.3 is 9.80 Å². The van der Waals surface area contributed by atoms with Gasteiger partial charge in [0.2, 0.25) is 6.04 Å². The Hall–Kier alpha value is -2.38. The zero-order valence-corrected chi connectivity index (χ0v) is 14.8. The van der Waals surface area contributed by atoms with Crippen molar-refractivity contribution in [1.29, 1.82) is 0 Å².